The number of aliphatic carboxylic acids is 1. The number of benzene rings is 2. The first-order chi connectivity index (χ1) is 13.2. The molecule has 7 nitrogen and oxygen atoms in total. The lowest BCUT2D eigenvalue weighted by Gasteiger charge is -2.10. The van der Waals surface area contributed by atoms with Gasteiger partial charge in [0.15, 0.2) is 6.61 Å². The predicted molar refractivity (Wildman–Crippen MR) is 95.2 cm³/mol. The standard InChI is InChI=1S/C18H16F3N3O4/c19-18(20,21)13-2-1-3-14(8-13)22-10-16(25)24-23-9-12-4-6-15(7-5-12)28-11-17(26)27/h1-9,22H,10-11H2,(H,24,25)(H,26,27)/b23-9-. The first kappa shape index (κ1) is 20.7. The molecule has 2 aromatic carbocycles. The van der Waals surface area contributed by atoms with E-state index in [1.54, 1.807) is 24.3 Å². The molecule has 3 N–H and O–H groups in total. The van der Waals surface area contributed by atoms with Crippen molar-refractivity contribution >= 4 is 23.8 Å². The van der Waals surface area contributed by atoms with Gasteiger partial charge in [-0.2, -0.15) is 18.3 Å². The van der Waals surface area contributed by atoms with Gasteiger partial charge in [-0.3, -0.25) is 4.79 Å². The molecule has 148 valence electrons. The minimum atomic E-state index is -4.46. The summed E-state index contributed by atoms with van der Waals surface area (Å²) in [6.45, 7) is -0.719. The molecule has 0 aliphatic carbocycles. The number of anilines is 1. The number of carbonyl (C=O) groups excluding carboxylic acids is 1. The van der Waals surface area contributed by atoms with Gasteiger partial charge in [0.25, 0.3) is 5.91 Å². The fourth-order valence-electron chi connectivity index (χ4n) is 2.00. The molecule has 0 aliphatic heterocycles. The van der Waals surface area contributed by atoms with E-state index in [9.17, 15) is 22.8 Å². The summed E-state index contributed by atoms with van der Waals surface area (Å²) in [5.41, 5.74) is 2.20. The molecule has 0 spiro atoms. The van der Waals surface area contributed by atoms with Crippen LogP contribution in [0.3, 0.4) is 0 Å². The van der Waals surface area contributed by atoms with Crippen molar-refractivity contribution in [2.75, 3.05) is 18.5 Å². The number of hydrazone groups is 1. The summed E-state index contributed by atoms with van der Waals surface area (Å²) in [5, 5.41) is 14.8. The predicted octanol–water partition coefficient (Wildman–Crippen LogP) is 2.73. The van der Waals surface area contributed by atoms with E-state index in [4.69, 9.17) is 9.84 Å². The number of hydrogen-bond donors (Lipinski definition) is 3. The third-order valence-corrected chi connectivity index (χ3v) is 3.29. The van der Waals surface area contributed by atoms with Gasteiger partial charge in [0.05, 0.1) is 18.3 Å². The van der Waals surface area contributed by atoms with Crippen LogP contribution in [-0.2, 0) is 15.8 Å². The van der Waals surface area contributed by atoms with Gasteiger partial charge in [0.2, 0.25) is 0 Å². The maximum absolute atomic E-state index is 12.6. The van der Waals surface area contributed by atoms with Crippen LogP contribution in [0, 0.1) is 0 Å². The number of hydrogen-bond acceptors (Lipinski definition) is 5. The zero-order valence-electron chi connectivity index (χ0n) is 14.4. The number of carboxylic acid groups (broad SMARTS) is 1. The molecule has 0 unspecified atom stereocenters. The topological polar surface area (TPSA) is 100 Å². The Bertz CT molecular complexity index is 852. The average molecular weight is 395 g/mol. The molecule has 0 fully saturated rings. The first-order valence-electron chi connectivity index (χ1n) is 7.92. The molecule has 0 heterocycles. The summed E-state index contributed by atoms with van der Waals surface area (Å²) >= 11 is 0. The number of halogens is 3. The van der Waals surface area contributed by atoms with E-state index in [0.717, 1.165) is 12.1 Å². The Labute approximate surface area is 157 Å². The molecule has 2 rings (SSSR count). The molecule has 1 amide bonds. The fourth-order valence-corrected chi connectivity index (χ4v) is 2.00. The van der Waals surface area contributed by atoms with Crippen molar-refractivity contribution < 1.29 is 32.6 Å². The van der Waals surface area contributed by atoms with Crippen molar-refractivity contribution in [1.82, 2.24) is 5.43 Å². The zero-order valence-corrected chi connectivity index (χ0v) is 14.4. The summed E-state index contributed by atoms with van der Waals surface area (Å²) in [7, 11) is 0. The van der Waals surface area contributed by atoms with E-state index in [0.29, 0.717) is 11.3 Å². The second kappa shape index (κ2) is 9.40. The quantitative estimate of drug-likeness (QED) is 0.471. The van der Waals surface area contributed by atoms with Crippen LogP contribution in [0.2, 0.25) is 0 Å². The molecule has 10 heteroatoms. The van der Waals surface area contributed by atoms with E-state index in [-0.39, 0.29) is 12.2 Å². The van der Waals surface area contributed by atoms with E-state index < -0.39 is 30.2 Å². The second-order valence-corrected chi connectivity index (χ2v) is 5.48. The number of amides is 1. The smallest absolute Gasteiger partial charge is 0.416 e. The van der Waals surface area contributed by atoms with Crippen LogP contribution >= 0.6 is 0 Å². The molecular formula is C18H16F3N3O4. The molecule has 0 radical (unpaired) electrons. The highest BCUT2D eigenvalue weighted by molar-refractivity contribution is 5.84. The Balaban J connectivity index is 1.80. The lowest BCUT2D eigenvalue weighted by molar-refractivity contribution is -0.139. The van der Waals surface area contributed by atoms with Gasteiger partial charge in [-0.1, -0.05) is 6.07 Å². The highest BCUT2D eigenvalue weighted by atomic mass is 19.4. The van der Waals surface area contributed by atoms with Gasteiger partial charge in [-0.05, 0) is 48.0 Å². The number of ether oxygens (including phenoxy) is 1. The highest BCUT2D eigenvalue weighted by Gasteiger charge is 2.30. The highest BCUT2D eigenvalue weighted by Crippen LogP contribution is 2.30. The van der Waals surface area contributed by atoms with Crippen molar-refractivity contribution in [2.24, 2.45) is 5.10 Å². The molecule has 0 aliphatic rings. The maximum Gasteiger partial charge on any atom is 0.416 e. The van der Waals surface area contributed by atoms with Crippen molar-refractivity contribution in [3.05, 3.63) is 59.7 Å². The lowest BCUT2D eigenvalue weighted by Crippen LogP contribution is -2.26. The zero-order chi connectivity index (χ0) is 20.6. The Morgan fingerprint density at radius 1 is 1.14 bits per heavy atom. The SMILES string of the molecule is O=C(O)COc1ccc(/C=N\NC(=O)CNc2cccc(C(F)(F)F)c2)cc1. The Morgan fingerprint density at radius 3 is 2.50 bits per heavy atom. The van der Waals surface area contributed by atoms with Crippen molar-refractivity contribution in [3.63, 3.8) is 0 Å². The summed E-state index contributed by atoms with van der Waals surface area (Å²) in [4.78, 5) is 22.1. The molecule has 2 aromatic rings. The number of alkyl halides is 3. The van der Waals surface area contributed by atoms with Crippen molar-refractivity contribution in [1.29, 1.82) is 0 Å². The largest absolute Gasteiger partial charge is 0.482 e. The molecule has 0 aromatic heterocycles. The average Bonchev–Trinajstić information content (AvgIpc) is 2.65. The minimum Gasteiger partial charge on any atom is -0.482 e. The van der Waals surface area contributed by atoms with Gasteiger partial charge in [0.1, 0.15) is 5.75 Å². The van der Waals surface area contributed by atoms with Gasteiger partial charge < -0.3 is 15.2 Å². The van der Waals surface area contributed by atoms with Crippen LogP contribution < -0.4 is 15.5 Å². The Morgan fingerprint density at radius 2 is 1.86 bits per heavy atom. The van der Waals surface area contributed by atoms with Crippen LogP contribution in [0.4, 0.5) is 18.9 Å². The Hall–Kier alpha value is -3.56. The van der Waals surface area contributed by atoms with Crippen LogP contribution in [0.5, 0.6) is 5.75 Å². The van der Waals surface area contributed by atoms with E-state index in [1.807, 2.05) is 0 Å². The minimum absolute atomic E-state index is 0.158. The van der Waals surface area contributed by atoms with Crippen LogP contribution in [0.15, 0.2) is 53.6 Å². The third kappa shape index (κ3) is 6.98. The van der Waals surface area contributed by atoms with Gasteiger partial charge >= 0.3 is 12.1 Å². The van der Waals surface area contributed by atoms with Crippen molar-refractivity contribution in [3.8, 4) is 5.75 Å². The fraction of sp³-hybridized carbons (Fsp3) is 0.167. The first-order valence-corrected chi connectivity index (χ1v) is 7.92. The molecule has 0 atom stereocenters. The summed E-state index contributed by atoms with van der Waals surface area (Å²) in [6, 6.07) is 10.8. The maximum atomic E-state index is 12.6. The number of carboxylic acids is 1. The summed E-state index contributed by atoms with van der Waals surface area (Å²) in [6.07, 6.45) is -3.11. The molecular weight excluding hydrogens is 379 g/mol. The van der Waals surface area contributed by atoms with E-state index >= 15 is 0 Å². The van der Waals surface area contributed by atoms with Crippen LogP contribution in [0.1, 0.15) is 11.1 Å². The number of nitrogens with one attached hydrogen (secondary N) is 2. The van der Waals surface area contributed by atoms with Crippen molar-refractivity contribution in [2.45, 2.75) is 6.18 Å². The Kier molecular flexibility index (Phi) is 6.96. The monoisotopic (exact) mass is 395 g/mol. The van der Waals surface area contributed by atoms with E-state index in [1.165, 1.54) is 18.3 Å². The summed E-state index contributed by atoms with van der Waals surface area (Å²) in [5.74, 6) is -1.27. The van der Waals surface area contributed by atoms with Gasteiger partial charge in [-0.25, -0.2) is 10.2 Å². The van der Waals surface area contributed by atoms with Crippen LogP contribution in [0.25, 0.3) is 0 Å². The third-order valence-electron chi connectivity index (χ3n) is 3.29. The summed E-state index contributed by atoms with van der Waals surface area (Å²) < 4.78 is 42.9. The normalized spacial score (nSPS) is 11.2. The van der Waals surface area contributed by atoms with Crippen LogP contribution in [-0.4, -0.2) is 36.3 Å². The van der Waals surface area contributed by atoms with E-state index in [2.05, 4.69) is 15.8 Å². The lowest BCUT2D eigenvalue weighted by atomic mass is 10.2. The number of carbonyl (C=O) groups is 2. The second-order valence-electron chi connectivity index (χ2n) is 5.48. The number of nitrogens with zero attached hydrogens (tertiary/aromatic N) is 1. The molecule has 0 saturated heterocycles. The van der Waals surface area contributed by atoms with Gasteiger partial charge in [-0.15, -0.1) is 0 Å². The molecule has 28 heavy (non-hydrogen) atoms. The number of rotatable bonds is 8. The molecule has 0 saturated carbocycles. The van der Waals surface area contributed by atoms with Gasteiger partial charge in [0, 0.05) is 5.69 Å². The molecule has 0 bridgehead atoms.